The number of rotatable bonds is 2. The zero-order valence-electron chi connectivity index (χ0n) is 8.53. The summed E-state index contributed by atoms with van der Waals surface area (Å²) in [6.45, 7) is 0. The molecule has 0 N–H and O–H groups in total. The Balaban J connectivity index is 2.48. The van der Waals surface area contributed by atoms with E-state index in [-0.39, 0.29) is 0 Å². The second-order valence-corrected chi connectivity index (χ2v) is 7.37. The molecular weight excluding hydrogens is 276 g/mol. The molecule has 0 atom stereocenters. The lowest BCUT2D eigenvalue weighted by Crippen LogP contribution is -2.41. The van der Waals surface area contributed by atoms with Gasteiger partial charge in [-0.15, -0.1) is 0 Å². The third kappa shape index (κ3) is 1.74. The van der Waals surface area contributed by atoms with Crippen LogP contribution in [0.1, 0.15) is 24.8 Å². The molecule has 1 saturated carbocycles. The van der Waals surface area contributed by atoms with Crippen LogP contribution < -0.4 is 0 Å². The van der Waals surface area contributed by atoms with Gasteiger partial charge in [0.1, 0.15) is 0 Å². The Labute approximate surface area is 98.7 Å². The van der Waals surface area contributed by atoms with Crippen LogP contribution in [-0.4, -0.2) is 14.7 Å². The molecule has 0 saturated heterocycles. The Morgan fingerprint density at radius 2 is 1.73 bits per heavy atom. The second kappa shape index (κ2) is 3.59. The lowest BCUT2D eigenvalue weighted by atomic mass is 9.79. The van der Waals surface area contributed by atoms with Crippen LogP contribution in [0.25, 0.3) is 0 Å². The first-order valence-electron chi connectivity index (χ1n) is 4.91. The molecule has 0 spiro atoms. The Hall–Kier alpha value is -0.350. The predicted molar refractivity (Wildman–Crippen MR) is 64.5 cm³/mol. The van der Waals surface area contributed by atoms with E-state index in [0.717, 1.165) is 29.3 Å². The van der Waals surface area contributed by atoms with Gasteiger partial charge in [0, 0.05) is 10.7 Å². The van der Waals surface area contributed by atoms with Gasteiger partial charge < -0.3 is 0 Å². The lowest BCUT2D eigenvalue weighted by Gasteiger charge is -2.40. The van der Waals surface area contributed by atoms with Gasteiger partial charge in [0.05, 0.1) is 4.75 Å². The highest BCUT2D eigenvalue weighted by molar-refractivity contribution is 9.10. The molecular formula is C11H13BrO2S. The topological polar surface area (TPSA) is 34.1 Å². The van der Waals surface area contributed by atoms with E-state index in [4.69, 9.17) is 0 Å². The van der Waals surface area contributed by atoms with E-state index < -0.39 is 14.6 Å². The minimum Gasteiger partial charge on any atom is -0.228 e. The SMILES string of the molecule is CS(=O)(=O)C1(c2ccc(Br)cc2)CCC1. The van der Waals surface area contributed by atoms with Crippen molar-refractivity contribution >= 4 is 25.8 Å². The van der Waals surface area contributed by atoms with Crippen LogP contribution >= 0.6 is 15.9 Å². The van der Waals surface area contributed by atoms with Crippen LogP contribution in [0.5, 0.6) is 0 Å². The quantitative estimate of drug-likeness (QED) is 0.839. The zero-order valence-corrected chi connectivity index (χ0v) is 10.9. The lowest BCUT2D eigenvalue weighted by molar-refractivity contribution is 0.346. The van der Waals surface area contributed by atoms with Gasteiger partial charge in [-0.2, -0.15) is 0 Å². The molecule has 82 valence electrons. The summed E-state index contributed by atoms with van der Waals surface area (Å²) in [5.74, 6) is 0. The number of benzene rings is 1. The second-order valence-electron chi connectivity index (χ2n) is 4.13. The first kappa shape index (κ1) is 11.1. The summed E-state index contributed by atoms with van der Waals surface area (Å²) in [4.78, 5) is 0. The molecule has 1 aliphatic rings. The van der Waals surface area contributed by atoms with Crippen LogP contribution in [0.3, 0.4) is 0 Å². The Morgan fingerprint density at radius 3 is 2.07 bits per heavy atom. The molecule has 0 aromatic heterocycles. The molecule has 2 rings (SSSR count). The van der Waals surface area contributed by atoms with Crippen molar-refractivity contribution in [1.82, 2.24) is 0 Å². The molecule has 0 radical (unpaired) electrons. The highest BCUT2D eigenvalue weighted by Crippen LogP contribution is 2.47. The minimum atomic E-state index is -3.01. The van der Waals surface area contributed by atoms with E-state index >= 15 is 0 Å². The molecule has 0 amide bonds. The summed E-state index contributed by atoms with van der Waals surface area (Å²) >= 11 is 3.35. The van der Waals surface area contributed by atoms with E-state index in [1.165, 1.54) is 6.26 Å². The first-order chi connectivity index (χ1) is 6.96. The number of halogens is 1. The van der Waals surface area contributed by atoms with Crippen molar-refractivity contribution in [2.45, 2.75) is 24.0 Å². The molecule has 1 aromatic carbocycles. The fraction of sp³-hybridized carbons (Fsp3) is 0.455. The molecule has 1 aromatic rings. The molecule has 0 unspecified atom stereocenters. The highest BCUT2D eigenvalue weighted by atomic mass is 79.9. The van der Waals surface area contributed by atoms with Gasteiger partial charge in [-0.3, -0.25) is 0 Å². The van der Waals surface area contributed by atoms with Crippen molar-refractivity contribution in [3.8, 4) is 0 Å². The van der Waals surface area contributed by atoms with E-state index in [0.29, 0.717) is 0 Å². The first-order valence-corrected chi connectivity index (χ1v) is 7.60. The van der Waals surface area contributed by atoms with Crippen molar-refractivity contribution in [1.29, 1.82) is 0 Å². The van der Waals surface area contributed by atoms with Crippen molar-refractivity contribution in [2.75, 3.05) is 6.26 Å². The number of sulfone groups is 1. The van der Waals surface area contributed by atoms with Crippen LogP contribution in [0.4, 0.5) is 0 Å². The summed E-state index contributed by atoms with van der Waals surface area (Å²) in [7, 11) is -3.01. The maximum Gasteiger partial charge on any atom is 0.157 e. The van der Waals surface area contributed by atoms with Crippen LogP contribution in [0.15, 0.2) is 28.7 Å². The zero-order chi connectivity index (χ0) is 11.1. The van der Waals surface area contributed by atoms with Crippen molar-refractivity contribution in [3.63, 3.8) is 0 Å². The molecule has 0 heterocycles. The van der Waals surface area contributed by atoms with E-state index in [1.807, 2.05) is 24.3 Å². The van der Waals surface area contributed by atoms with E-state index in [1.54, 1.807) is 0 Å². The molecule has 1 aliphatic carbocycles. The molecule has 15 heavy (non-hydrogen) atoms. The monoisotopic (exact) mass is 288 g/mol. The van der Waals surface area contributed by atoms with Crippen molar-refractivity contribution < 1.29 is 8.42 Å². The summed E-state index contributed by atoms with van der Waals surface area (Å²) in [5.41, 5.74) is 0.930. The van der Waals surface area contributed by atoms with Gasteiger partial charge in [-0.1, -0.05) is 28.1 Å². The van der Waals surface area contributed by atoms with Gasteiger partial charge in [0.2, 0.25) is 0 Å². The molecule has 0 aliphatic heterocycles. The molecule has 4 heteroatoms. The third-order valence-electron chi connectivity index (χ3n) is 3.24. The predicted octanol–water partition coefficient (Wildman–Crippen LogP) is 2.87. The molecule has 0 bridgehead atoms. The Morgan fingerprint density at radius 1 is 1.20 bits per heavy atom. The van der Waals surface area contributed by atoms with Crippen LogP contribution in [0, 0.1) is 0 Å². The van der Waals surface area contributed by atoms with Crippen molar-refractivity contribution in [3.05, 3.63) is 34.3 Å². The summed E-state index contributed by atoms with van der Waals surface area (Å²) < 4.78 is 24.0. The minimum absolute atomic E-state index is 0.603. The Bertz CT molecular complexity index is 458. The average molecular weight is 289 g/mol. The summed E-state index contributed by atoms with van der Waals surface area (Å²) in [6.07, 6.45) is 3.86. The van der Waals surface area contributed by atoms with Crippen LogP contribution in [0.2, 0.25) is 0 Å². The fourth-order valence-electron chi connectivity index (χ4n) is 2.13. The average Bonchev–Trinajstić information content (AvgIpc) is 2.03. The van der Waals surface area contributed by atoms with E-state index in [9.17, 15) is 8.42 Å². The maximum atomic E-state index is 11.8. The summed E-state index contributed by atoms with van der Waals surface area (Å²) in [5, 5.41) is 0. The van der Waals surface area contributed by atoms with Gasteiger partial charge in [-0.25, -0.2) is 8.42 Å². The van der Waals surface area contributed by atoms with Crippen LogP contribution in [-0.2, 0) is 14.6 Å². The van der Waals surface area contributed by atoms with E-state index in [2.05, 4.69) is 15.9 Å². The van der Waals surface area contributed by atoms with Gasteiger partial charge in [-0.05, 0) is 37.0 Å². The Kier molecular flexibility index (Phi) is 2.67. The number of hydrogen-bond acceptors (Lipinski definition) is 2. The maximum absolute atomic E-state index is 11.8. The highest BCUT2D eigenvalue weighted by Gasteiger charge is 2.47. The normalized spacial score (nSPS) is 19.6. The largest absolute Gasteiger partial charge is 0.228 e. The standard InChI is InChI=1S/C11H13BrO2S/c1-15(13,14)11(7-2-8-11)9-3-5-10(12)6-4-9/h3-6H,2,7-8H2,1H3. The summed E-state index contributed by atoms with van der Waals surface area (Å²) in [6, 6.07) is 7.62. The van der Waals surface area contributed by atoms with Gasteiger partial charge in [0.15, 0.2) is 9.84 Å². The van der Waals surface area contributed by atoms with Gasteiger partial charge in [0.25, 0.3) is 0 Å². The smallest absolute Gasteiger partial charge is 0.157 e. The van der Waals surface area contributed by atoms with Gasteiger partial charge >= 0.3 is 0 Å². The molecule has 1 fully saturated rings. The fourth-order valence-corrected chi connectivity index (χ4v) is 3.98. The third-order valence-corrected chi connectivity index (χ3v) is 5.83. The number of hydrogen-bond donors (Lipinski definition) is 0. The molecule has 2 nitrogen and oxygen atoms in total. The van der Waals surface area contributed by atoms with Crippen molar-refractivity contribution in [2.24, 2.45) is 0 Å².